The highest BCUT2D eigenvalue weighted by molar-refractivity contribution is 5.85. The Bertz CT molecular complexity index is 76.4. The highest BCUT2D eigenvalue weighted by Crippen LogP contribution is 1.81. The Labute approximate surface area is 54.6 Å². The summed E-state index contributed by atoms with van der Waals surface area (Å²) in [6.45, 7) is 1.60. The van der Waals surface area contributed by atoms with Gasteiger partial charge in [-0.25, -0.2) is 0 Å². The summed E-state index contributed by atoms with van der Waals surface area (Å²) in [7, 11) is 1.44. The molecule has 50 valence electrons. The highest BCUT2D eigenvalue weighted by atomic mass is 35.5. The quantitative estimate of drug-likeness (QED) is 0.582. The fourth-order valence-corrected chi connectivity index (χ4v) is 0.116. The SMILES string of the molecule is COC(C)C(N)=O.Cl. The second-order valence-corrected chi connectivity index (χ2v) is 1.28. The van der Waals surface area contributed by atoms with Gasteiger partial charge in [0.25, 0.3) is 0 Å². The van der Waals surface area contributed by atoms with Gasteiger partial charge in [-0.05, 0) is 6.92 Å². The van der Waals surface area contributed by atoms with Crippen molar-refractivity contribution < 1.29 is 9.53 Å². The standard InChI is InChI=1S/C4H9NO2.ClH/c1-3(7-2)4(5)6;/h3H,1-2H3,(H2,5,6);1H. The molecule has 0 heterocycles. The first kappa shape index (κ1) is 10.7. The van der Waals surface area contributed by atoms with Crippen molar-refractivity contribution in [3.05, 3.63) is 0 Å². The van der Waals surface area contributed by atoms with Gasteiger partial charge in [0.15, 0.2) is 0 Å². The van der Waals surface area contributed by atoms with Gasteiger partial charge in [-0.15, -0.1) is 12.4 Å². The Kier molecular flexibility index (Phi) is 6.48. The molecule has 1 amide bonds. The van der Waals surface area contributed by atoms with E-state index in [1.165, 1.54) is 7.11 Å². The predicted molar refractivity (Wildman–Crippen MR) is 32.9 cm³/mol. The molecule has 0 aromatic rings. The number of rotatable bonds is 2. The fourth-order valence-electron chi connectivity index (χ4n) is 0.116. The Hall–Kier alpha value is -0.280. The summed E-state index contributed by atoms with van der Waals surface area (Å²) in [5, 5.41) is 0. The molecule has 0 saturated heterocycles. The number of halogens is 1. The summed E-state index contributed by atoms with van der Waals surface area (Å²) >= 11 is 0. The summed E-state index contributed by atoms with van der Waals surface area (Å²) in [5.41, 5.74) is 4.78. The van der Waals surface area contributed by atoms with Crippen molar-refractivity contribution >= 4 is 18.3 Å². The van der Waals surface area contributed by atoms with Gasteiger partial charge in [0, 0.05) is 7.11 Å². The summed E-state index contributed by atoms with van der Waals surface area (Å²) < 4.78 is 4.54. The third-order valence-electron chi connectivity index (χ3n) is 0.754. The first-order valence-electron chi connectivity index (χ1n) is 2.00. The Morgan fingerprint density at radius 2 is 2.12 bits per heavy atom. The largest absolute Gasteiger partial charge is 0.372 e. The lowest BCUT2D eigenvalue weighted by molar-refractivity contribution is -0.126. The van der Waals surface area contributed by atoms with Crippen molar-refractivity contribution in [2.24, 2.45) is 5.73 Å². The number of nitrogens with two attached hydrogens (primary N) is 1. The zero-order valence-corrected chi connectivity index (χ0v) is 5.70. The molecular weight excluding hydrogens is 130 g/mol. The van der Waals surface area contributed by atoms with E-state index >= 15 is 0 Å². The third-order valence-corrected chi connectivity index (χ3v) is 0.754. The molecule has 0 fully saturated rings. The van der Waals surface area contributed by atoms with Crippen LogP contribution < -0.4 is 5.73 Å². The van der Waals surface area contributed by atoms with Gasteiger partial charge < -0.3 is 10.5 Å². The molecular formula is C4H10ClNO2. The van der Waals surface area contributed by atoms with Crippen molar-refractivity contribution in [1.82, 2.24) is 0 Å². The fraction of sp³-hybridized carbons (Fsp3) is 0.750. The number of hydrogen-bond acceptors (Lipinski definition) is 2. The van der Waals surface area contributed by atoms with Gasteiger partial charge in [0.2, 0.25) is 5.91 Å². The normalized spacial score (nSPS) is 11.8. The zero-order valence-electron chi connectivity index (χ0n) is 4.88. The maximum Gasteiger partial charge on any atom is 0.246 e. The molecule has 0 aliphatic heterocycles. The van der Waals surface area contributed by atoms with Crippen LogP contribution >= 0.6 is 12.4 Å². The van der Waals surface area contributed by atoms with Crippen molar-refractivity contribution in [2.45, 2.75) is 13.0 Å². The second kappa shape index (κ2) is 4.87. The van der Waals surface area contributed by atoms with Gasteiger partial charge in [-0.1, -0.05) is 0 Å². The first-order valence-corrected chi connectivity index (χ1v) is 2.00. The molecule has 0 radical (unpaired) electrons. The molecule has 1 atom stereocenters. The summed E-state index contributed by atoms with van der Waals surface area (Å²) in [6.07, 6.45) is -0.458. The number of carbonyl (C=O) groups excluding carboxylic acids is 1. The molecule has 0 aliphatic rings. The minimum Gasteiger partial charge on any atom is -0.372 e. The van der Waals surface area contributed by atoms with Crippen LogP contribution in [-0.2, 0) is 9.53 Å². The van der Waals surface area contributed by atoms with Gasteiger partial charge in [-0.3, -0.25) is 4.79 Å². The minimum absolute atomic E-state index is 0. The van der Waals surface area contributed by atoms with E-state index in [4.69, 9.17) is 5.73 Å². The van der Waals surface area contributed by atoms with Crippen LogP contribution in [0.4, 0.5) is 0 Å². The molecule has 1 unspecified atom stereocenters. The molecule has 0 aromatic heterocycles. The molecule has 0 saturated carbocycles. The average molecular weight is 140 g/mol. The molecule has 3 nitrogen and oxygen atoms in total. The maximum atomic E-state index is 10.0. The zero-order chi connectivity index (χ0) is 5.86. The maximum absolute atomic E-state index is 10.0. The molecule has 8 heavy (non-hydrogen) atoms. The smallest absolute Gasteiger partial charge is 0.246 e. The van der Waals surface area contributed by atoms with Crippen molar-refractivity contribution in [3.63, 3.8) is 0 Å². The van der Waals surface area contributed by atoms with Crippen LogP contribution in [-0.4, -0.2) is 19.1 Å². The molecule has 0 rings (SSSR count). The lowest BCUT2D eigenvalue weighted by atomic mass is 10.4. The van der Waals surface area contributed by atoms with Crippen LogP contribution in [0.15, 0.2) is 0 Å². The highest BCUT2D eigenvalue weighted by Gasteiger charge is 2.03. The van der Waals surface area contributed by atoms with Gasteiger partial charge >= 0.3 is 0 Å². The van der Waals surface area contributed by atoms with E-state index in [-0.39, 0.29) is 12.4 Å². The van der Waals surface area contributed by atoms with Gasteiger partial charge in [0.1, 0.15) is 6.10 Å². The third kappa shape index (κ3) is 3.89. The number of amides is 1. The van der Waals surface area contributed by atoms with Crippen LogP contribution in [0.2, 0.25) is 0 Å². The Morgan fingerprint density at radius 1 is 1.75 bits per heavy atom. The molecule has 0 spiro atoms. The number of carbonyl (C=O) groups is 1. The van der Waals surface area contributed by atoms with E-state index in [1.54, 1.807) is 6.92 Å². The summed E-state index contributed by atoms with van der Waals surface area (Å²) in [6, 6.07) is 0. The van der Waals surface area contributed by atoms with Crippen LogP contribution in [0, 0.1) is 0 Å². The summed E-state index contributed by atoms with van der Waals surface area (Å²) in [5.74, 6) is -0.428. The lowest BCUT2D eigenvalue weighted by Gasteiger charge is -2.00. The van der Waals surface area contributed by atoms with Crippen molar-refractivity contribution in [1.29, 1.82) is 0 Å². The van der Waals surface area contributed by atoms with Crippen LogP contribution in [0.25, 0.3) is 0 Å². The number of ether oxygens (including phenoxy) is 1. The molecule has 2 N–H and O–H groups in total. The van der Waals surface area contributed by atoms with Gasteiger partial charge in [0.05, 0.1) is 0 Å². The van der Waals surface area contributed by atoms with E-state index in [0.717, 1.165) is 0 Å². The van der Waals surface area contributed by atoms with E-state index in [1.807, 2.05) is 0 Å². The van der Waals surface area contributed by atoms with E-state index in [9.17, 15) is 4.79 Å². The minimum atomic E-state index is -0.458. The van der Waals surface area contributed by atoms with E-state index in [0.29, 0.717) is 0 Å². The topological polar surface area (TPSA) is 52.3 Å². The second-order valence-electron chi connectivity index (χ2n) is 1.28. The van der Waals surface area contributed by atoms with Crippen molar-refractivity contribution in [3.8, 4) is 0 Å². The molecule has 0 aliphatic carbocycles. The Balaban J connectivity index is 0. The monoisotopic (exact) mass is 139 g/mol. The number of hydrogen-bond donors (Lipinski definition) is 1. The Morgan fingerprint density at radius 3 is 2.12 bits per heavy atom. The molecule has 0 aromatic carbocycles. The van der Waals surface area contributed by atoms with Crippen LogP contribution in [0.3, 0.4) is 0 Å². The van der Waals surface area contributed by atoms with Crippen LogP contribution in [0.1, 0.15) is 6.92 Å². The van der Waals surface area contributed by atoms with E-state index < -0.39 is 12.0 Å². The van der Waals surface area contributed by atoms with Gasteiger partial charge in [-0.2, -0.15) is 0 Å². The van der Waals surface area contributed by atoms with Crippen LogP contribution in [0.5, 0.6) is 0 Å². The molecule has 4 heteroatoms. The lowest BCUT2D eigenvalue weighted by Crippen LogP contribution is -2.26. The predicted octanol–water partition coefficient (Wildman–Crippen LogP) is -0.0716. The van der Waals surface area contributed by atoms with E-state index in [2.05, 4.69) is 4.74 Å². The number of primary amides is 1. The number of methoxy groups -OCH3 is 1. The van der Waals surface area contributed by atoms with Crippen molar-refractivity contribution in [2.75, 3.05) is 7.11 Å². The first-order chi connectivity index (χ1) is 3.18. The summed E-state index contributed by atoms with van der Waals surface area (Å²) in [4.78, 5) is 10.0. The molecule has 0 bridgehead atoms. The average Bonchev–Trinajstić information content (AvgIpc) is 1.65.